The van der Waals surface area contributed by atoms with Crippen molar-refractivity contribution in [1.29, 1.82) is 0 Å². The summed E-state index contributed by atoms with van der Waals surface area (Å²) in [5, 5.41) is 22.1. The number of rotatable bonds is 3. The monoisotopic (exact) mass is 378 g/mol. The number of nitrogens with zero attached hydrogens (tertiary/aromatic N) is 5. The first-order valence-corrected chi connectivity index (χ1v) is 9.07. The Morgan fingerprint density at radius 1 is 0.923 bits per heavy atom. The third kappa shape index (κ3) is 2.58. The second-order valence-electron chi connectivity index (χ2n) is 5.66. The molecule has 0 amide bonds. The molecule has 0 unspecified atom stereocenters. The van der Waals surface area contributed by atoms with Gasteiger partial charge in [-0.05, 0) is 18.2 Å². The molecule has 5 aromatic rings. The highest BCUT2D eigenvalue weighted by atomic mass is 35.5. The Morgan fingerprint density at radius 3 is 2.54 bits per heavy atom. The molecule has 0 saturated carbocycles. The number of aromatic nitrogens is 6. The summed E-state index contributed by atoms with van der Waals surface area (Å²) >= 11 is 7.41. The molecule has 0 bridgehead atoms. The van der Waals surface area contributed by atoms with E-state index in [0.29, 0.717) is 5.02 Å². The largest absolute Gasteiger partial charge is 0.275 e. The first-order chi connectivity index (χ1) is 12.8. The lowest BCUT2D eigenvalue weighted by Gasteiger charge is -1.95. The molecule has 0 atom stereocenters. The van der Waals surface area contributed by atoms with E-state index in [1.54, 1.807) is 4.52 Å². The Morgan fingerprint density at radius 2 is 1.73 bits per heavy atom. The maximum atomic E-state index is 5.95. The summed E-state index contributed by atoms with van der Waals surface area (Å²) in [4.78, 5) is 0.737. The molecule has 0 fully saturated rings. The van der Waals surface area contributed by atoms with E-state index in [4.69, 9.17) is 11.6 Å². The summed E-state index contributed by atoms with van der Waals surface area (Å²) in [5.74, 6) is 0.723. The van der Waals surface area contributed by atoms with Gasteiger partial charge in [-0.3, -0.25) is 5.10 Å². The van der Waals surface area contributed by atoms with Crippen molar-refractivity contribution >= 4 is 27.9 Å². The van der Waals surface area contributed by atoms with Gasteiger partial charge < -0.3 is 0 Å². The van der Waals surface area contributed by atoms with E-state index >= 15 is 0 Å². The minimum Gasteiger partial charge on any atom is -0.275 e. The SMILES string of the molecule is Clc1ccc(-c2cc(-c3nn4c(-c5ccccc5)nnc4s3)[nH]n2)cc1. The quantitative estimate of drug-likeness (QED) is 0.499. The van der Waals surface area contributed by atoms with Gasteiger partial charge in [0.25, 0.3) is 0 Å². The van der Waals surface area contributed by atoms with Crippen molar-refractivity contribution in [1.82, 2.24) is 30.0 Å². The van der Waals surface area contributed by atoms with E-state index in [9.17, 15) is 0 Å². The highest BCUT2D eigenvalue weighted by Crippen LogP contribution is 2.29. The fraction of sp³-hybridized carbons (Fsp3) is 0. The van der Waals surface area contributed by atoms with Crippen molar-refractivity contribution in [3.8, 4) is 33.3 Å². The van der Waals surface area contributed by atoms with Crippen molar-refractivity contribution in [2.45, 2.75) is 0 Å². The molecule has 0 radical (unpaired) electrons. The number of fused-ring (bicyclic) bond motifs is 1. The molecule has 0 aliphatic heterocycles. The zero-order valence-corrected chi connectivity index (χ0v) is 14.9. The van der Waals surface area contributed by atoms with Gasteiger partial charge in [-0.25, -0.2) is 0 Å². The molecule has 5 rings (SSSR count). The van der Waals surface area contributed by atoms with Gasteiger partial charge in [0.05, 0.1) is 11.4 Å². The fourth-order valence-corrected chi connectivity index (χ4v) is 3.62. The maximum absolute atomic E-state index is 5.95. The lowest BCUT2D eigenvalue weighted by atomic mass is 10.1. The standard InChI is InChI=1S/C18H11ClN6S/c19-13-8-6-11(7-9-13)14-10-15(21-20-14)17-24-25-16(22-23-18(25)26-17)12-4-2-1-3-5-12/h1-10H,(H,20,21). The normalized spacial score (nSPS) is 11.3. The zero-order chi connectivity index (χ0) is 17.5. The van der Waals surface area contributed by atoms with Gasteiger partial charge in [-0.2, -0.15) is 14.7 Å². The van der Waals surface area contributed by atoms with E-state index in [2.05, 4.69) is 25.5 Å². The number of aromatic amines is 1. The van der Waals surface area contributed by atoms with Crippen LogP contribution in [0.25, 0.3) is 38.3 Å². The molecule has 3 aromatic heterocycles. The molecule has 126 valence electrons. The lowest BCUT2D eigenvalue weighted by Crippen LogP contribution is -1.90. The van der Waals surface area contributed by atoms with Crippen LogP contribution in [0.1, 0.15) is 0 Å². The summed E-state index contributed by atoms with van der Waals surface area (Å²) in [5.41, 5.74) is 3.64. The Kier molecular flexibility index (Phi) is 3.55. The predicted octanol–water partition coefficient (Wildman–Crippen LogP) is 4.56. The van der Waals surface area contributed by atoms with E-state index in [1.807, 2.05) is 60.7 Å². The van der Waals surface area contributed by atoms with E-state index in [-0.39, 0.29) is 0 Å². The van der Waals surface area contributed by atoms with Crippen molar-refractivity contribution in [2.75, 3.05) is 0 Å². The Balaban J connectivity index is 1.54. The van der Waals surface area contributed by atoms with Crippen LogP contribution in [-0.2, 0) is 0 Å². The van der Waals surface area contributed by atoms with Crippen molar-refractivity contribution in [3.05, 3.63) is 65.7 Å². The van der Waals surface area contributed by atoms with Crippen molar-refractivity contribution in [2.24, 2.45) is 0 Å². The van der Waals surface area contributed by atoms with Gasteiger partial charge in [0.15, 0.2) is 10.8 Å². The van der Waals surface area contributed by atoms with E-state index in [0.717, 1.165) is 38.3 Å². The maximum Gasteiger partial charge on any atom is 0.235 e. The third-order valence-electron chi connectivity index (χ3n) is 3.97. The second kappa shape index (κ2) is 6.05. The molecule has 0 aliphatic carbocycles. The summed E-state index contributed by atoms with van der Waals surface area (Å²) < 4.78 is 1.76. The zero-order valence-electron chi connectivity index (χ0n) is 13.3. The van der Waals surface area contributed by atoms with Gasteiger partial charge in [-0.1, -0.05) is 65.4 Å². The van der Waals surface area contributed by atoms with Crippen LogP contribution in [0.3, 0.4) is 0 Å². The van der Waals surface area contributed by atoms with Crippen LogP contribution in [0.15, 0.2) is 60.7 Å². The number of H-pyrrole nitrogens is 1. The number of nitrogens with one attached hydrogen (secondary N) is 1. The summed E-state index contributed by atoms with van der Waals surface area (Å²) in [6.45, 7) is 0. The van der Waals surface area contributed by atoms with Crippen LogP contribution in [0.2, 0.25) is 5.02 Å². The van der Waals surface area contributed by atoms with E-state index in [1.165, 1.54) is 11.3 Å². The molecule has 6 nitrogen and oxygen atoms in total. The molecule has 8 heteroatoms. The molecule has 26 heavy (non-hydrogen) atoms. The number of hydrogen-bond donors (Lipinski definition) is 1. The van der Waals surface area contributed by atoms with Gasteiger partial charge in [0.2, 0.25) is 4.96 Å². The van der Waals surface area contributed by atoms with Crippen molar-refractivity contribution in [3.63, 3.8) is 0 Å². The molecule has 1 N–H and O–H groups in total. The Hall–Kier alpha value is -3.03. The van der Waals surface area contributed by atoms with Gasteiger partial charge >= 0.3 is 0 Å². The van der Waals surface area contributed by atoms with Crippen molar-refractivity contribution < 1.29 is 0 Å². The van der Waals surface area contributed by atoms with Crippen LogP contribution in [0.5, 0.6) is 0 Å². The molecule has 0 aliphatic rings. The highest BCUT2D eigenvalue weighted by Gasteiger charge is 2.16. The van der Waals surface area contributed by atoms with Crippen LogP contribution in [-0.4, -0.2) is 30.0 Å². The second-order valence-corrected chi connectivity index (χ2v) is 7.06. The first-order valence-electron chi connectivity index (χ1n) is 7.87. The highest BCUT2D eigenvalue weighted by molar-refractivity contribution is 7.19. The summed E-state index contributed by atoms with van der Waals surface area (Å²) in [7, 11) is 0. The minimum atomic E-state index is 0.701. The smallest absolute Gasteiger partial charge is 0.235 e. The van der Waals surface area contributed by atoms with Crippen LogP contribution < -0.4 is 0 Å². The molecule has 2 aromatic carbocycles. The molecular weight excluding hydrogens is 368 g/mol. The average Bonchev–Trinajstić information content (AvgIpc) is 3.38. The molecular formula is C18H11ClN6S. The van der Waals surface area contributed by atoms with Gasteiger partial charge in [0.1, 0.15) is 0 Å². The number of benzene rings is 2. The summed E-state index contributed by atoms with van der Waals surface area (Å²) in [6, 6.07) is 19.4. The summed E-state index contributed by atoms with van der Waals surface area (Å²) in [6.07, 6.45) is 0. The minimum absolute atomic E-state index is 0.701. The van der Waals surface area contributed by atoms with Crippen LogP contribution >= 0.6 is 22.9 Å². The molecule has 0 saturated heterocycles. The van der Waals surface area contributed by atoms with Gasteiger partial charge in [-0.15, -0.1) is 10.2 Å². The predicted molar refractivity (Wildman–Crippen MR) is 102 cm³/mol. The number of halogens is 1. The topological polar surface area (TPSA) is 71.8 Å². The first kappa shape index (κ1) is 15.2. The van der Waals surface area contributed by atoms with Crippen LogP contribution in [0.4, 0.5) is 0 Å². The van der Waals surface area contributed by atoms with Gasteiger partial charge in [0, 0.05) is 16.1 Å². The molecule has 3 heterocycles. The number of hydrogen-bond acceptors (Lipinski definition) is 5. The molecule has 0 spiro atoms. The third-order valence-corrected chi connectivity index (χ3v) is 5.16. The lowest BCUT2D eigenvalue weighted by molar-refractivity contribution is 0.964. The Bertz CT molecular complexity index is 1190. The fourth-order valence-electron chi connectivity index (χ4n) is 2.69. The van der Waals surface area contributed by atoms with E-state index < -0.39 is 0 Å². The average molecular weight is 379 g/mol. The Labute approximate surface area is 157 Å². The van der Waals surface area contributed by atoms with Crippen LogP contribution in [0, 0.1) is 0 Å².